The molecule has 1 amide bonds. The minimum Gasteiger partial charge on any atom is -0.444 e. The molecule has 6 rings (SSSR count). The van der Waals surface area contributed by atoms with Crippen LogP contribution in [0.4, 0.5) is 4.79 Å². The largest absolute Gasteiger partial charge is 0.444 e. The average molecular weight is 477 g/mol. The molecule has 0 radical (unpaired) electrons. The van der Waals surface area contributed by atoms with Crippen molar-refractivity contribution in [3.8, 4) is 10.9 Å². The number of amides is 1. The van der Waals surface area contributed by atoms with Gasteiger partial charge in [0.1, 0.15) is 11.4 Å². The summed E-state index contributed by atoms with van der Waals surface area (Å²) in [7, 11) is 0. The third-order valence-corrected chi connectivity index (χ3v) is 7.49. The third kappa shape index (κ3) is 4.01. The van der Waals surface area contributed by atoms with Crippen LogP contribution in [0.2, 0.25) is 0 Å². The molecular weight excluding hydrogens is 448 g/mol. The molecule has 2 aliphatic rings. The molecule has 2 saturated heterocycles. The van der Waals surface area contributed by atoms with Crippen molar-refractivity contribution >= 4 is 38.5 Å². The topological polar surface area (TPSA) is 70.7 Å². The van der Waals surface area contributed by atoms with Crippen LogP contribution in [0.25, 0.3) is 21.1 Å². The van der Waals surface area contributed by atoms with E-state index in [1.54, 1.807) is 11.3 Å². The van der Waals surface area contributed by atoms with Gasteiger partial charge in [-0.05, 0) is 57.0 Å². The van der Waals surface area contributed by atoms with Crippen molar-refractivity contribution in [1.82, 2.24) is 19.8 Å². The van der Waals surface area contributed by atoms with Gasteiger partial charge in [0.05, 0.1) is 10.2 Å². The van der Waals surface area contributed by atoms with E-state index in [1.807, 2.05) is 56.0 Å². The highest BCUT2D eigenvalue weighted by atomic mass is 32.1. The first-order valence-electron chi connectivity index (χ1n) is 11.7. The number of piperazine rings is 1. The van der Waals surface area contributed by atoms with Crippen LogP contribution in [-0.2, 0) is 11.3 Å². The molecule has 176 valence electrons. The second-order valence-electron chi connectivity index (χ2n) is 10.2. The lowest BCUT2D eigenvalue weighted by atomic mass is 10.1. The predicted molar refractivity (Wildman–Crippen MR) is 134 cm³/mol. The molecule has 0 aliphatic carbocycles. The van der Waals surface area contributed by atoms with Crippen molar-refractivity contribution in [2.24, 2.45) is 0 Å². The highest BCUT2D eigenvalue weighted by molar-refractivity contribution is 7.20. The lowest BCUT2D eigenvalue weighted by molar-refractivity contribution is 0.0124. The molecule has 7 nitrogen and oxygen atoms in total. The number of nitrogens with one attached hydrogen (secondary N) is 1. The summed E-state index contributed by atoms with van der Waals surface area (Å²) in [5, 5.41) is 1.85. The zero-order valence-electron chi connectivity index (χ0n) is 19.6. The minimum absolute atomic E-state index is 0.188. The van der Waals surface area contributed by atoms with Crippen LogP contribution in [0.5, 0.6) is 10.9 Å². The van der Waals surface area contributed by atoms with Gasteiger partial charge in [-0.15, -0.1) is 0 Å². The number of likely N-dealkylation sites (tertiary alicyclic amines) is 2. The molecule has 2 aromatic carbocycles. The van der Waals surface area contributed by atoms with Crippen LogP contribution >= 0.6 is 11.3 Å². The van der Waals surface area contributed by atoms with Crippen molar-refractivity contribution in [3.05, 3.63) is 54.2 Å². The Labute approximate surface area is 202 Å². The van der Waals surface area contributed by atoms with Gasteiger partial charge >= 0.3 is 6.09 Å². The maximum atomic E-state index is 12.5. The molecule has 2 atom stereocenters. The Hall–Kier alpha value is -3.10. The highest BCUT2D eigenvalue weighted by Gasteiger charge is 2.46. The van der Waals surface area contributed by atoms with Gasteiger partial charge in [0.25, 0.3) is 5.19 Å². The zero-order chi connectivity index (χ0) is 23.4. The number of ether oxygens (including phenoxy) is 2. The fourth-order valence-electron chi connectivity index (χ4n) is 5.06. The van der Waals surface area contributed by atoms with E-state index in [0.717, 1.165) is 47.5 Å². The number of carbonyl (C=O) groups excluding carboxylic acids is 1. The number of para-hydroxylation sites is 1. The number of hydrogen-bond acceptors (Lipinski definition) is 6. The molecule has 2 aromatic heterocycles. The smallest absolute Gasteiger partial charge is 0.410 e. The van der Waals surface area contributed by atoms with Gasteiger partial charge in [0.15, 0.2) is 0 Å². The fourth-order valence-corrected chi connectivity index (χ4v) is 5.90. The molecule has 8 heteroatoms. The number of fused-ring (bicyclic) bond motifs is 4. The second-order valence-corrected chi connectivity index (χ2v) is 11.2. The van der Waals surface area contributed by atoms with Crippen molar-refractivity contribution < 1.29 is 14.3 Å². The number of H-pyrrole nitrogens is 1. The summed E-state index contributed by atoms with van der Waals surface area (Å²) in [5.41, 5.74) is 2.81. The highest BCUT2D eigenvalue weighted by Crippen LogP contribution is 2.35. The predicted octanol–water partition coefficient (Wildman–Crippen LogP) is 5.76. The van der Waals surface area contributed by atoms with E-state index in [2.05, 4.69) is 33.2 Å². The lowest BCUT2D eigenvalue weighted by Gasteiger charge is -2.35. The van der Waals surface area contributed by atoms with Crippen molar-refractivity contribution in [1.29, 1.82) is 0 Å². The maximum absolute atomic E-state index is 12.5. The van der Waals surface area contributed by atoms with Crippen LogP contribution in [0.3, 0.4) is 0 Å². The standard InChI is InChI=1S/C26H28N4O3S/c1-26(2,3)33-25(31)30-15-17-10-18(30)14-29(17)13-16-12-27-22-11-19(8-9-20(16)22)32-24-28-21-6-4-5-7-23(21)34-24/h4-9,11-12,17-18,27H,10,13-15H2,1-3H3/t17-,18+/m0/s1. The Bertz CT molecular complexity index is 1340. The number of hydrogen-bond donors (Lipinski definition) is 1. The van der Waals surface area contributed by atoms with Crippen LogP contribution in [0.1, 0.15) is 32.8 Å². The zero-order valence-corrected chi connectivity index (χ0v) is 20.4. The Morgan fingerprint density at radius 2 is 2.03 bits per heavy atom. The summed E-state index contributed by atoms with van der Waals surface area (Å²) >= 11 is 1.55. The first-order valence-corrected chi connectivity index (χ1v) is 12.5. The monoisotopic (exact) mass is 476 g/mol. The van der Waals surface area contributed by atoms with Gasteiger partial charge in [0.2, 0.25) is 0 Å². The quantitative estimate of drug-likeness (QED) is 0.405. The summed E-state index contributed by atoms with van der Waals surface area (Å²) < 4.78 is 12.8. The van der Waals surface area contributed by atoms with E-state index >= 15 is 0 Å². The third-order valence-electron chi connectivity index (χ3n) is 6.57. The molecule has 34 heavy (non-hydrogen) atoms. The number of thiazole rings is 1. The normalized spacial score (nSPS) is 20.5. The molecular formula is C26H28N4O3S. The van der Waals surface area contributed by atoms with Crippen LogP contribution < -0.4 is 4.74 Å². The molecule has 1 N–H and O–H groups in total. The van der Waals surface area contributed by atoms with Crippen molar-refractivity contribution in [2.75, 3.05) is 13.1 Å². The number of aromatic amines is 1. The lowest BCUT2D eigenvalue weighted by Crippen LogP contribution is -2.49. The second kappa shape index (κ2) is 7.99. The maximum Gasteiger partial charge on any atom is 0.410 e. The van der Waals surface area contributed by atoms with Gasteiger partial charge in [-0.3, -0.25) is 4.90 Å². The van der Waals surface area contributed by atoms with Gasteiger partial charge < -0.3 is 19.4 Å². The van der Waals surface area contributed by atoms with Crippen LogP contribution in [0, 0.1) is 0 Å². The molecule has 4 aromatic rings. The summed E-state index contributed by atoms with van der Waals surface area (Å²) in [6, 6.07) is 14.8. The first-order chi connectivity index (χ1) is 16.3. The Morgan fingerprint density at radius 1 is 1.18 bits per heavy atom. The molecule has 0 saturated carbocycles. The van der Waals surface area contributed by atoms with Crippen molar-refractivity contribution in [2.45, 2.75) is 51.4 Å². The van der Waals surface area contributed by atoms with Gasteiger partial charge in [-0.25, -0.2) is 9.78 Å². The van der Waals surface area contributed by atoms with E-state index in [0.29, 0.717) is 11.2 Å². The summed E-state index contributed by atoms with van der Waals surface area (Å²) in [6.45, 7) is 8.23. The fraction of sp³-hybridized carbons (Fsp3) is 0.385. The summed E-state index contributed by atoms with van der Waals surface area (Å²) in [6.07, 6.45) is 2.92. The minimum atomic E-state index is -0.460. The van der Waals surface area contributed by atoms with E-state index in [1.165, 1.54) is 10.9 Å². The van der Waals surface area contributed by atoms with Crippen LogP contribution in [-0.4, -0.2) is 56.6 Å². The Kier molecular flexibility index (Phi) is 5.04. The molecule has 0 spiro atoms. The van der Waals surface area contributed by atoms with E-state index in [9.17, 15) is 4.79 Å². The first kappa shape index (κ1) is 21.4. The van der Waals surface area contributed by atoms with E-state index < -0.39 is 5.60 Å². The van der Waals surface area contributed by atoms with E-state index in [4.69, 9.17) is 9.47 Å². The van der Waals surface area contributed by atoms with Gasteiger partial charge in [0, 0.05) is 54.9 Å². The molecule has 2 fully saturated rings. The summed E-state index contributed by atoms with van der Waals surface area (Å²) in [4.78, 5) is 24.9. The number of benzene rings is 2. The molecule has 0 unspecified atom stereocenters. The number of nitrogens with zero attached hydrogens (tertiary/aromatic N) is 3. The summed E-state index contributed by atoms with van der Waals surface area (Å²) in [5.74, 6) is 0.771. The van der Waals surface area contributed by atoms with Crippen LogP contribution in [0.15, 0.2) is 48.7 Å². The molecule has 2 aliphatic heterocycles. The number of carbonyl (C=O) groups is 1. The Balaban J connectivity index is 1.13. The van der Waals surface area contributed by atoms with Crippen molar-refractivity contribution in [3.63, 3.8) is 0 Å². The number of rotatable bonds is 4. The number of aromatic nitrogens is 2. The van der Waals surface area contributed by atoms with E-state index in [-0.39, 0.29) is 12.1 Å². The van der Waals surface area contributed by atoms with Gasteiger partial charge in [-0.2, -0.15) is 0 Å². The van der Waals surface area contributed by atoms with Gasteiger partial charge in [-0.1, -0.05) is 23.5 Å². The Morgan fingerprint density at radius 3 is 2.79 bits per heavy atom. The SMILES string of the molecule is CC(C)(C)OC(=O)N1C[C@@H]2C[C@@H]1CN2Cc1c[nH]c2cc(Oc3nc4ccccc4s3)ccc12. The molecule has 4 heterocycles. The molecule has 2 bridgehead atoms. The average Bonchev–Trinajstić information content (AvgIpc) is 3.55.